The third-order valence-electron chi connectivity index (χ3n) is 5.27. The lowest BCUT2D eigenvalue weighted by atomic mass is 10.1. The van der Waals surface area contributed by atoms with Crippen molar-refractivity contribution in [2.24, 2.45) is 5.73 Å². The molecule has 3 heterocycles. The van der Waals surface area contributed by atoms with Crippen LogP contribution >= 0.6 is 0 Å². The van der Waals surface area contributed by atoms with Gasteiger partial charge in [-0.25, -0.2) is 14.2 Å². The molecule has 0 atom stereocenters. The Hall–Kier alpha value is -3.69. The van der Waals surface area contributed by atoms with Gasteiger partial charge < -0.3 is 20.9 Å². The van der Waals surface area contributed by atoms with Crippen molar-refractivity contribution in [3.8, 4) is 0 Å². The third kappa shape index (κ3) is 3.63. The van der Waals surface area contributed by atoms with Crippen LogP contribution in [0.2, 0.25) is 0 Å². The Morgan fingerprint density at radius 3 is 2.50 bits per heavy atom. The van der Waals surface area contributed by atoms with E-state index in [-0.39, 0.29) is 11.6 Å². The zero-order chi connectivity index (χ0) is 21.3. The van der Waals surface area contributed by atoms with Crippen molar-refractivity contribution < 1.29 is 18.8 Å². The van der Waals surface area contributed by atoms with Crippen LogP contribution in [0.25, 0.3) is 0 Å². The van der Waals surface area contributed by atoms with Crippen LogP contribution in [-0.4, -0.2) is 67.0 Å². The van der Waals surface area contributed by atoms with Gasteiger partial charge in [-0.2, -0.15) is 0 Å². The molecule has 2 aromatic rings. The highest BCUT2D eigenvalue weighted by molar-refractivity contribution is 5.99. The van der Waals surface area contributed by atoms with Crippen molar-refractivity contribution in [3.05, 3.63) is 53.5 Å². The summed E-state index contributed by atoms with van der Waals surface area (Å²) in [5, 5.41) is 2.68. The van der Waals surface area contributed by atoms with Gasteiger partial charge in [0.2, 0.25) is 0 Å². The number of piperazine rings is 1. The molecule has 0 saturated carbocycles. The van der Waals surface area contributed by atoms with Crippen molar-refractivity contribution in [2.45, 2.75) is 0 Å². The average Bonchev–Trinajstić information content (AvgIpc) is 3.19. The highest BCUT2D eigenvalue weighted by atomic mass is 19.1. The van der Waals surface area contributed by atoms with E-state index >= 15 is 0 Å². The number of primary amides is 1. The van der Waals surface area contributed by atoms with Crippen molar-refractivity contribution in [2.75, 3.05) is 49.1 Å². The van der Waals surface area contributed by atoms with Crippen LogP contribution in [0, 0.1) is 5.82 Å². The summed E-state index contributed by atoms with van der Waals surface area (Å²) in [5.41, 5.74) is 6.15. The van der Waals surface area contributed by atoms with E-state index in [0.29, 0.717) is 56.3 Å². The van der Waals surface area contributed by atoms with E-state index in [4.69, 9.17) is 5.73 Å². The molecule has 0 bridgehead atoms. The van der Waals surface area contributed by atoms with E-state index in [1.165, 1.54) is 23.1 Å². The molecule has 4 amide bonds. The van der Waals surface area contributed by atoms with E-state index in [1.54, 1.807) is 23.2 Å². The predicted molar refractivity (Wildman–Crippen MR) is 108 cm³/mol. The lowest BCUT2D eigenvalue weighted by Gasteiger charge is -2.36. The molecule has 2 aliphatic rings. The number of amides is 4. The molecule has 0 spiro atoms. The predicted octanol–water partition coefficient (Wildman–Crippen LogP) is 0.812. The van der Waals surface area contributed by atoms with Gasteiger partial charge in [0.15, 0.2) is 0 Å². The molecule has 0 aliphatic carbocycles. The maximum Gasteiger partial charge on any atom is 0.321 e. The molecule has 1 aromatic carbocycles. The van der Waals surface area contributed by atoms with Crippen LogP contribution in [0.4, 0.5) is 20.7 Å². The molecule has 9 nitrogen and oxygen atoms in total. The molecular weight excluding hydrogens is 391 g/mol. The van der Waals surface area contributed by atoms with Crippen LogP contribution in [0.3, 0.4) is 0 Å². The van der Waals surface area contributed by atoms with Gasteiger partial charge in [-0.3, -0.25) is 14.5 Å². The number of carbonyl (C=O) groups excluding carboxylic acids is 3. The Bertz CT molecular complexity index is 1010. The Labute approximate surface area is 172 Å². The molecule has 4 rings (SSSR count). The minimum absolute atomic E-state index is 0.0729. The number of hydrogen-bond donors (Lipinski definition) is 2. The van der Waals surface area contributed by atoms with Crippen LogP contribution in [0.5, 0.6) is 0 Å². The number of urea groups is 1. The highest BCUT2D eigenvalue weighted by Crippen LogP contribution is 2.23. The number of nitrogens with zero attached hydrogens (tertiary/aromatic N) is 4. The zero-order valence-electron chi connectivity index (χ0n) is 16.2. The Morgan fingerprint density at radius 2 is 1.83 bits per heavy atom. The number of anilines is 2. The lowest BCUT2D eigenvalue weighted by molar-refractivity contribution is 0.0741. The first kappa shape index (κ1) is 19.6. The molecule has 2 saturated heterocycles. The van der Waals surface area contributed by atoms with Crippen molar-refractivity contribution in [1.82, 2.24) is 15.2 Å². The number of benzene rings is 1. The molecule has 156 valence electrons. The Balaban J connectivity index is 1.49. The second kappa shape index (κ2) is 7.97. The minimum Gasteiger partial charge on any atom is -0.365 e. The maximum atomic E-state index is 14.4. The number of halogens is 1. The molecule has 30 heavy (non-hydrogen) atoms. The second-order valence-corrected chi connectivity index (χ2v) is 7.07. The average molecular weight is 412 g/mol. The topological polar surface area (TPSA) is 112 Å². The normalized spacial score (nSPS) is 16.6. The van der Waals surface area contributed by atoms with E-state index < -0.39 is 17.6 Å². The van der Waals surface area contributed by atoms with E-state index in [0.717, 1.165) is 0 Å². The monoisotopic (exact) mass is 412 g/mol. The summed E-state index contributed by atoms with van der Waals surface area (Å²) in [6.07, 6.45) is 1.58. The summed E-state index contributed by atoms with van der Waals surface area (Å²) in [6, 6.07) is 7.09. The molecule has 2 aliphatic heterocycles. The van der Waals surface area contributed by atoms with Crippen LogP contribution in [-0.2, 0) is 0 Å². The summed E-state index contributed by atoms with van der Waals surface area (Å²) in [4.78, 5) is 45.6. The summed E-state index contributed by atoms with van der Waals surface area (Å²) < 4.78 is 14.4. The molecule has 1 aromatic heterocycles. The SMILES string of the molecule is NC(=O)c1cccnc1N1CCN(C(=O)c2cc(N3CCNC3=O)ccc2F)CC1. The first-order chi connectivity index (χ1) is 14.5. The quantitative estimate of drug-likeness (QED) is 0.772. The van der Waals surface area contributed by atoms with Gasteiger partial charge in [0, 0.05) is 51.2 Å². The number of nitrogens with two attached hydrogens (primary N) is 1. The van der Waals surface area contributed by atoms with Gasteiger partial charge in [0.25, 0.3) is 11.8 Å². The second-order valence-electron chi connectivity index (χ2n) is 7.07. The van der Waals surface area contributed by atoms with E-state index in [2.05, 4.69) is 10.3 Å². The number of pyridine rings is 1. The fourth-order valence-corrected chi connectivity index (χ4v) is 3.70. The van der Waals surface area contributed by atoms with Crippen LogP contribution in [0.15, 0.2) is 36.5 Å². The Kier molecular flexibility index (Phi) is 5.21. The maximum absolute atomic E-state index is 14.4. The van der Waals surface area contributed by atoms with Gasteiger partial charge in [-0.15, -0.1) is 0 Å². The fraction of sp³-hybridized carbons (Fsp3) is 0.300. The molecule has 2 fully saturated rings. The molecule has 10 heteroatoms. The molecule has 3 N–H and O–H groups in total. The zero-order valence-corrected chi connectivity index (χ0v) is 16.2. The van der Waals surface area contributed by atoms with Gasteiger partial charge in [-0.05, 0) is 30.3 Å². The fourth-order valence-electron chi connectivity index (χ4n) is 3.70. The lowest BCUT2D eigenvalue weighted by Crippen LogP contribution is -2.49. The molecular formula is C20H21FN6O3. The first-order valence-corrected chi connectivity index (χ1v) is 9.59. The number of aromatic nitrogens is 1. The summed E-state index contributed by atoms with van der Waals surface area (Å²) in [7, 11) is 0. The summed E-state index contributed by atoms with van der Waals surface area (Å²) in [6.45, 7) is 2.49. The van der Waals surface area contributed by atoms with Crippen LogP contribution < -0.4 is 20.9 Å². The molecule has 0 unspecified atom stereocenters. The van der Waals surface area contributed by atoms with Gasteiger partial charge in [0.1, 0.15) is 11.6 Å². The standard InChI is InChI=1S/C20H21FN6O3/c21-16-4-3-13(27-7-6-24-20(27)30)12-15(16)19(29)26-10-8-25(9-11-26)18-14(17(22)28)2-1-5-23-18/h1-5,12H,6-11H2,(H2,22,28)(H,24,30). The highest BCUT2D eigenvalue weighted by Gasteiger charge is 2.28. The number of carbonyl (C=O) groups is 3. The van der Waals surface area contributed by atoms with Crippen LogP contribution in [0.1, 0.15) is 20.7 Å². The van der Waals surface area contributed by atoms with E-state index in [1.807, 2.05) is 4.90 Å². The summed E-state index contributed by atoms with van der Waals surface area (Å²) >= 11 is 0. The minimum atomic E-state index is -0.633. The Morgan fingerprint density at radius 1 is 1.07 bits per heavy atom. The van der Waals surface area contributed by atoms with Crippen molar-refractivity contribution in [1.29, 1.82) is 0 Å². The molecule has 0 radical (unpaired) electrons. The van der Waals surface area contributed by atoms with Crippen molar-refractivity contribution in [3.63, 3.8) is 0 Å². The number of hydrogen-bond acceptors (Lipinski definition) is 5. The smallest absolute Gasteiger partial charge is 0.321 e. The van der Waals surface area contributed by atoms with Gasteiger partial charge in [0.05, 0.1) is 11.1 Å². The van der Waals surface area contributed by atoms with Crippen molar-refractivity contribution >= 4 is 29.4 Å². The van der Waals surface area contributed by atoms with Gasteiger partial charge in [-0.1, -0.05) is 0 Å². The van der Waals surface area contributed by atoms with Gasteiger partial charge >= 0.3 is 6.03 Å². The number of rotatable bonds is 4. The summed E-state index contributed by atoms with van der Waals surface area (Å²) in [5.74, 6) is -1.16. The van der Waals surface area contributed by atoms with E-state index in [9.17, 15) is 18.8 Å². The largest absolute Gasteiger partial charge is 0.365 e. The third-order valence-corrected chi connectivity index (χ3v) is 5.27. The number of nitrogens with one attached hydrogen (secondary N) is 1. The first-order valence-electron chi connectivity index (χ1n) is 9.59.